The zero-order valence-corrected chi connectivity index (χ0v) is 13.5. The largest absolute Gasteiger partial charge is 0.459 e. The van der Waals surface area contributed by atoms with Crippen LogP contribution in [-0.2, 0) is 9.47 Å². The van der Waals surface area contributed by atoms with Gasteiger partial charge in [0.15, 0.2) is 11.5 Å². The summed E-state index contributed by atoms with van der Waals surface area (Å²) in [6.07, 6.45) is -26.2. The number of epoxide rings is 2. The minimum atomic E-state index is -6.71. The van der Waals surface area contributed by atoms with Crippen LogP contribution in [0.1, 0.15) is 0 Å². The van der Waals surface area contributed by atoms with Crippen LogP contribution in [0.5, 0.6) is 11.5 Å². The lowest BCUT2D eigenvalue weighted by Gasteiger charge is -2.34. The molecule has 168 valence electrons. The molecule has 1 aromatic carbocycles. The molecule has 2 saturated heterocycles. The second-order valence-electron chi connectivity index (χ2n) is 6.44. The van der Waals surface area contributed by atoms with Crippen molar-refractivity contribution in [3.05, 3.63) is 24.3 Å². The fourth-order valence-corrected chi connectivity index (χ4v) is 3.62. The number of alkyl halides is 12. The Hall–Kier alpha value is -2.10. The standard InChI is InChI=1S/C14H4F12O4/c15-11(16,17)7-8(12(18,19)20)10(30-8,14(24,25)26)28-6-4-2-1-3-5(6)27-9(7,29-7)13(21,22)23/h1-4H/t7-,8-,9+,10+/m0/s1. The first-order valence-electron chi connectivity index (χ1n) is 7.48. The molecule has 1 aromatic rings. The predicted molar refractivity (Wildman–Crippen MR) is 65.0 cm³/mol. The lowest BCUT2D eigenvalue weighted by molar-refractivity contribution is -0.303. The van der Waals surface area contributed by atoms with Crippen LogP contribution in [0.15, 0.2) is 24.3 Å². The lowest BCUT2D eigenvalue weighted by Crippen LogP contribution is -2.68. The molecule has 30 heavy (non-hydrogen) atoms. The third-order valence-corrected chi connectivity index (χ3v) is 4.83. The Kier molecular flexibility index (Phi) is 3.54. The van der Waals surface area contributed by atoms with Crippen LogP contribution in [0.2, 0.25) is 0 Å². The molecule has 0 N–H and O–H groups in total. The van der Waals surface area contributed by atoms with Crippen molar-refractivity contribution in [1.29, 1.82) is 0 Å². The van der Waals surface area contributed by atoms with Gasteiger partial charge in [-0.2, -0.15) is 52.7 Å². The molecular formula is C14H4F12O4. The number of para-hydroxylation sites is 2. The van der Waals surface area contributed by atoms with E-state index in [0.717, 1.165) is 12.1 Å². The molecule has 0 radical (unpaired) electrons. The number of rotatable bonds is 0. The molecule has 2 fully saturated rings. The van der Waals surface area contributed by atoms with Gasteiger partial charge in [-0.1, -0.05) is 12.1 Å². The molecule has 3 aliphatic rings. The zero-order valence-electron chi connectivity index (χ0n) is 13.5. The van der Waals surface area contributed by atoms with E-state index >= 15 is 0 Å². The highest BCUT2D eigenvalue weighted by atomic mass is 19.4. The molecule has 4 nitrogen and oxygen atoms in total. The second-order valence-corrected chi connectivity index (χ2v) is 6.44. The number of fused-ring (bicyclic) bond motifs is 4. The monoisotopic (exact) mass is 464 g/mol. The highest BCUT2D eigenvalue weighted by Crippen LogP contribution is 2.82. The third-order valence-electron chi connectivity index (χ3n) is 4.83. The van der Waals surface area contributed by atoms with Crippen LogP contribution in [0.3, 0.4) is 0 Å². The molecule has 0 bridgehead atoms. The van der Waals surface area contributed by atoms with Crippen molar-refractivity contribution in [1.82, 2.24) is 0 Å². The Labute approximate surface area is 156 Å². The van der Waals surface area contributed by atoms with Gasteiger partial charge in [-0.3, -0.25) is 0 Å². The van der Waals surface area contributed by atoms with Gasteiger partial charge >= 0.3 is 36.3 Å². The average Bonchev–Trinajstić information content (AvgIpc) is 3.37. The highest BCUT2D eigenvalue weighted by Gasteiger charge is 3.16. The Bertz CT molecular complexity index is 831. The third kappa shape index (κ3) is 1.99. The molecule has 16 heteroatoms. The van der Waals surface area contributed by atoms with E-state index in [0.29, 0.717) is 12.1 Å². The van der Waals surface area contributed by atoms with Crippen LogP contribution in [0.25, 0.3) is 0 Å². The van der Waals surface area contributed by atoms with Crippen molar-refractivity contribution in [2.24, 2.45) is 0 Å². The Morgan fingerprint density at radius 1 is 0.500 bits per heavy atom. The maximum Gasteiger partial charge on any atom is 0.459 e. The van der Waals surface area contributed by atoms with Gasteiger partial charge < -0.3 is 18.9 Å². The first-order valence-corrected chi connectivity index (χ1v) is 7.48. The first-order chi connectivity index (χ1) is 13.3. The molecule has 0 amide bonds. The summed E-state index contributed by atoms with van der Waals surface area (Å²) < 4.78 is 179. The molecule has 4 atom stereocenters. The van der Waals surface area contributed by atoms with E-state index < -0.39 is 59.0 Å². The van der Waals surface area contributed by atoms with E-state index in [1.54, 1.807) is 0 Å². The van der Waals surface area contributed by atoms with Gasteiger partial charge in [0.25, 0.3) is 11.2 Å². The molecule has 0 saturated carbocycles. The van der Waals surface area contributed by atoms with Crippen LogP contribution < -0.4 is 9.47 Å². The molecule has 0 aliphatic carbocycles. The van der Waals surface area contributed by atoms with Gasteiger partial charge in [-0.25, -0.2) is 0 Å². The van der Waals surface area contributed by atoms with E-state index in [9.17, 15) is 52.7 Å². The summed E-state index contributed by atoms with van der Waals surface area (Å²) in [7, 11) is 0. The number of benzene rings is 1. The number of hydrogen-bond donors (Lipinski definition) is 0. The molecule has 0 unspecified atom stereocenters. The van der Waals surface area contributed by atoms with Gasteiger partial charge in [0, 0.05) is 0 Å². The van der Waals surface area contributed by atoms with E-state index in [-0.39, 0.29) is 0 Å². The summed E-state index contributed by atoms with van der Waals surface area (Å²) >= 11 is 0. The van der Waals surface area contributed by atoms with E-state index in [1.807, 2.05) is 0 Å². The topological polar surface area (TPSA) is 43.5 Å². The van der Waals surface area contributed by atoms with Crippen LogP contribution in [0.4, 0.5) is 52.7 Å². The maximum atomic E-state index is 13.7. The quantitative estimate of drug-likeness (QED) is 0.415. The second kappa shape index (κ2) is 5.03. The number of halogens is 12. The first kappa shape index (κ1) is 21.1. The minimum absolute atomic E-state index is 0.457. The smallest absolute Gasteiger partial charge is 0.447 e. The zero-order chi connectivity index (χ0) is 22.8. The van der Waals surface area contributed by atoms with Gasteiger partial charge in [0.2, 0.25) is 0 Å². The lowest BCUT2D eigenvalue weighted by atomic mass is 9.80. The Balaban J connectivity index is 2.12. The number of hydrogen-bond acceptors (Lipinski definition) is 4. The van der Waals surface area contributed by atoms with Crippen molar-refractivity contribution in [2.75, 3.05) is 0 Å². The normalized spacial score (nSPS) is 38.1. The van der Waals surface area contributed by atoms with Gasteiger partial charge in [0.1, 0.15) is 0 Å². The molecule has 4 rings (SSSR count). The molecule has 3 heterocycles. The minimum Gasteiger partial charge on any atom is -0.447 e. The van der Waals surface area contributed by atoms with Crippen LogP contribution in [0, 0.1) is 0 Å². The SMILES string of the molecule is FC(F)(F)[C@@]12Oc3ccccc3O[C@@]3(C(F)(F)F)O[C@@]3(C(F)(F)F)[C@]1(C(F)(F)F)O2. The molecule has 0 spiro atoms. The summed E-state index contributed by atoms with van der Waals surface area (Å²) in [5.74, 6) is -13.1. The summed E-state index contributed by atoms with van der Waals surface area (Å²) in [6, 6.07) is 2.57. The van der Waals surface area contributed by atoms with E-state index in [2.05, 4.69) is 18.9 Å². The average molecular weight is 464 g/mol. The van der Waals surface area contributed by atoms with Crippen molar-refractivity contribution >= 4 is 0 Å². The fraction of sp³-hybridized carbons (Fsp3) is 0.571. The van der Waals surface area contributed by atoms with E-state index in [4.69, 9.17) is 0 Å². The summed E-state index contributed by atoms with van der Waals surface area (Å²) in [5.41, 5.74) is -11.3. The van der Waals surface area contributed by atoms with Gasteiger partial charge in [-0.15, -0.1) is 0 Å². The van der Waals surface area contributed by atoms with Crippen LogP contribution in [-0.4, -0.2) is 47.5 Å². The summed E-state index contributed by atoms with van der Waals surface area (Å²) in [6.45, 7) is 0. The summed E-state index contributed by atoms with van der Waals surface area (Å²) in [4.78, 5) is 0. The van der Waals surface area contributed by atoms with Gasteiger partial charge in [-0.05, 0) is 12.1 Å². The Morgan fingerprint density at radius 3 is 1.03 bits per heavy atom. The van der Waals surface area contributed by atoms with E-state index in [1.165, 1.54) is 0 Å². The highest BCUT2D eigenvalue weighted by molar-refractivity contribution is 5.49. The molecular weight excluding hydrogens is 460 g/mol. The molecule has 0 aromatic heterocycles. The summed E-state index contributed by atoms with van der Waals surface area (Å²) in [5, 5.41) is 0. The maximum absolute atomic E-state index is 13.7. The van der Waals surface area contributed by atoms with Crippen molar-refractivity contribution in [3.8, 4) is 11.5 Å². The predicted octanol–water partition coefficient (Wildman–Crippen LogP) is 4.64. The number of ether oxygens (including phenoxy) is 4. The van der Waals surface area contributed by atoms with Crippen molar-refractivity contribution < 1.29 is 71.6 Å². The van der Waals surface area contributed by atoms with Crippen LogP contribution >= 0.6 is 0 Å². The van der Waals surface area contributed by atoms with Crippen molar-refractivity contribution in [3.63, 3.8) is 0 Å². The molecule has 3 aliphatic heterocycles. The Morgan fingerprint density at radius 2 is 0.800 bits per heavy atom. The van der Waals surface area contributed by atoms with Gasteiger partial charge in [0.05, 0.1) is 0 Å². The fourth-order valence-electron chi connectivity index (χ4n) is 3.62. The van der Waals surface area contributed by atoms with Crippen molar-refractivity contribution in [2.45, 2.75) is 47.5 Å².